The number of aliphatic hydroxyl groups excluding tert-OH is 1. The summed E-state index contributed by atoms with van der Waals surface area (Å²) in [7, 11) is 1.67. The van der Waals surface area contributed by atoms with Crippen molar-refractivity contribution in [1.82, 2.24) is 14.5 Å². The van der Waals surface area contributed by atoms with Crippen LogP contribution in [0.3, 0.4) is 0 Å². The molecule has 3 N–H and O–H groups in total. The lowest BCUT2D eigenvalue weighted by Gasteiger charge is -2.37. The van der Waals surface area contributed by atoms with Crippen molar-refractivity contribution < 1.29 is 14.2 Å². The zero-order valence-corrected chi connectivity index (χ0v) is 22.2. The van der Waals surface area contributed by atoms with Gasteiger partial charge >= 0.3 is 0 Å². The van der Waals surface area contributed by atoms with Gasteiger partial charge in [-0.3, -0.25) is 14.6 Å². The fourth-order valence-electron chi connectivity index (χ4n) is 4.36. The second kappa shape index (κ2) is 10.9. The molecule has 2 atom stereocenters. The van der Waals surface area contributed by atoms with Crippen LogP contribution >= 0.6 is 22.9 Å². The number of thiazole rings is 1. The minimum Gasteiger partial charge on any atom is -0.404 e. The van der Waals surface area contributed by atoms with Crippen LogP contribution in [0.5, 0.6) is 0 Å². The van der Waals surface area contributed by atoms with Crippen molar-refractivity contribution in [2.24, 2.45) is 15.7 Å². The van der Waals surface area contributed by atoms with E-state index < -0.39 is 5.82 Å². The van der Waals surface area contributed by atoms with E-state index in [1.807, 2.05) is 16.4 Å². The molecule has 0 spiro atoms. The molecule has 5 rings (SSSR count). The molecule has 1 saturated heterocycles. The van der Waals surface area contributed by atoms with E-state index in [9.17, 15) is 5.11 Å². The summed E-state index contributed by atoms with van der Waals surface area (Å²) in [4.78, 5) is 21.3. The van der Waals surface area contributed by atoms with Gasteiger partial charge in [0.1, 0.15) is 16.6 Å². The Hall–Kier alpha value is -2.86. The first-order valence-corrected chi connectivity index (χ1v) is 13.4. The molecule has 2 aromatic heterocycles. The van der Waals surface area contributed by atoms with Gasteiger partial charge in [-0.05, 0) is 38.0 Å². The minimum atomic E-state index is -0.478. The number of hydrogen-bond donors (Lipinski definition) is 2. The van der Waals surface area contributed by atoms with Gasteiger partial charge in [0.25, 0.3) is 0 Å². The van der Waals surface area contributed by atoms with Gasteiger partial charge in [0.15, 0.2) is 10.4 Å². The van der Waals surface area contributed by atoms with E-state index in [1.165, 1.54) is 23.6 Å². The Bertz CT molecular complexity index is 1430. The Kier molecular flexibility index (Phi) is 7.57. The van der Waals surface area contributed by atoms with Crippen molar-refractivity contribution in [3.8, 4) is 11.3 Å². The molecular formula is C25H29ClFN7O2S. The lowest BCUT2D eigenvalue weighted by Crippen LogP contribution is -2.48. The Morgan fingerprint density at radius 2 is 2.16 bits per heavy atom. The molecule has 1 aliphatic heterocycles. The van der Waals surface area contributed by atoms with E-state index in [4.69, 9.17) is 32.0 Å². The molecule has 2 aliphatic rings. The largest absolute Gasteiger partial charge is 0.404 e. The SMILES string of the molecule is CN=c1sc2c(-c3ccc(Cl)cc3F)nc(N3C[C@@H](C(C=NC4CC4)=CN)O[C@@H](C)C3)nc2n1CCO. The normalized spacial score (nSPS) is 21.5. The van der Waals surface area contributed by atoms with Gasteiger partial charge in [0, 0.05) is 42.2 Å². The monoisotopic (exact) mass is 545 g/mol. The summed E-state index contributed by atoms with van der Waals surface area (Å²) in [6.07, 6.45) is 5.09. The van der Waals surface area contributed by atoms with Crippen LogP contribution in [-0.4, -0.2) is 70.9 Å². The highest BCUT2D eigenvalue weighted by Gasteiger charge is 2.31. The van der Waals surface area contributed by atoms with Crippen LogP contribution in [0.2, 0.25) is 5.02 Å². The number of morpholine rings is 1. The van der Waals surface area contributed by atoms with E-state index in [-0.39, 0.29) is 18.8 Å². The van der Waals surface area contributed by atoms with Crippen LogP contribution in [0.15, 0.2) is 40.0 Å². The molecule has 1 saturated carbocycles. The summed E-state index contributed by atoms with van der Waals surface area (Å²) in [6, 6.07) is 4.90. The average molecular weight is 546 g/mol. The van der Waals surface area contributed by atoms with Gasteiger partial charge in [0.2, 0.25) is 5.95 Å². The quantitative estimate of drug-likeness (QED) is 0.441. The Morgan fingerprint density at radius 3 is 2.84 bits per heavy atom. The van der Waals surface area contributed by atoms with Crippen LogP contribution in [0.4, 0.5) is 10.3 Å². The van der Waals surface area contributed by atoms with Crippen molar-refractivity contribution in [2.45, 2.75) is 44.6 Å². The lowest BCUT2D eigenvalue weighted by atomic mass is 10.1. The van der Waals surface area contributed by atoms with Crippen LogP contribution < -0.4 is 15.4 Å². The average Bonchev–Trinajstić information content (AvgIpc) is 3.64. The predicted octanol–water partition coefficient (Wildman–Crippen LogP) is 3.14. The second-order valence-corrected chi connectivity index (χ2v) is 10.6. The van der Waals surface area contributed by atoms with E-state index in [1.54, 1.807) is 25.4 Å². The first-order chi connectivity index (χ1) is 17.9. The van der Waals surface area contributed by atoms with Crippen molar-refractivity contribution in [1.29, 1.82) is 0 Å². The summed E-state index contributed by atoms with van der Waals surface area (Å²) in [6.45, 7) is 3.18. The maximum atomic E-state index is 15.1. The summed E-state index contributed by atoms with van der Waals surface area (Å²) in [5.74, 6) is -0.0481. The third-order valence-corrected chi connectivity index (χ3v) is 7.71. The standard InChI is InChI=1S/C25H29ClFN7O2S/c1-14-12-33(13-20(36-14)15(10-28)11-30-17-4-5-17)24-31-21(18-6-3-16(26)9-19(18)27)22-23(32-24)34(7-8-35)25(29-2)37-22/h3,6,9-11,14,17,20,35H,4-5,7-8,12-13,28H2,1-2H3/t14-,20-/m0/s1. The summed E-state index contributed by atoms with van der Waals surface area (Å²) < 4.78 is 23.8. The fraction of sp³-hybridized carbons (Fsp3) is 0.440. The summed E-state index contributed by atoms with van der Waals surface area (Å²) >= 11 is 7.38. The smallest absolute Gasteiger partial charge is 0.228 e. The highest BCUT2D eigenvalue weighted by molar-refractivity contribution is 7.16. The van der Waals surface area contributed by atoms with Gasteiger partial charge < -0.3 is 20.5 Å². The molecule has 37 heavy (non-hydrogen) atoms. The first-order valence-electron chi connectivity index (χ1n) is 12.2. The number of fused-ring (bicyclic) bond motifs is 1. The van der Waals surface area contributed by atoms with Gasteiger partial charge in [-0.15, -0.1) is 0 Å². The molecule has 0 amide bonds. The topological polar surface area (TPSA) is 114 Å². The van der Waals surface area contributed by atoms with E-state index in [0.717, 1.165) is 18.4 Å². The maximum Gasteiger partial charge on any atom is 0.228 e. The van der Waals surface area contributed by atoms with E-state index in [2.05, 4.69) is 9.98 Å². The van der Waals surface area contributed by atoms with Gasteiger partial charge in [-0.1, -0.05) is 22.9 Å². The number of hydrogen-bond acceptors (Lipinski definition) is 9. The number of aliphatic hydroxyl groups is 1. The molecular weight excluding hydrogens is 517 g/mol. The number of benzene rings is 1. The van der Waals surface area contributed by atoms with Gasteiger partial charge in [0.05, 0.1) is 37.5 Å². The van der Waals surface area contributed by atoms with Crippen molar-refractivity contribution in [2.75, 3.05) is 31.6 Å². The van der Waals surface area contributed by atoms with Gasteiger partial charge in [-0.2, -0.15) is 4.98 Å². The zero-order chi connectivity index (χ0) is 26.1. The molecule has 0 unspecified atom stereocenters. The van der Waals surface area contributed by atoms with Crippen LogP contribution in [0.1, 0.15) is 19.8 Å². The molecule has 3 heterocycles. The zero-order valence-electron chi connectivity index (χ0n) is 20.6. The van der Waals surface area contributed by atoms with Crippen LogP contribution in [0, 0.1) is 5.82 Å². The number of nitrogens with two attached hydrogens (primary N) is 1. The molecule has 0 bridgehead atoms. The molecule has 2 fully saturated rings. The third-order valence-electron chi connectivity index (χ3n) is 6.31. The summed E-state index contributed by atoms with van der Waals surface area (Å²) in [5, 5.41) is 10.0. The molecule has 3 aromatic rings. The fourth-order valence-corrected chi connectivity index (χ4v) is 5.58. The highest BCUT2D eigenvalue weighted by atomic mass is 35.5. The Balaban J connectivity index is 1.62. The number of halogens is 2. The Morgan fingerprint density at radius 1 is 1.35 bits per heavy atom. The number of nitrogens with zero attached hydrogens (tertiary/aromatic N) is 6. The molecule has 12 heteroatoms. The third kappa shape index (κ3) is 5.40. The van der Waals surface area contributed by atoms with Crippen LogP contribution in [0.25, 0.3) is 21.6 Å². The maximum absolute atomic E-state index is 15.1. The molecule has 196 valence electrons. The molecule has 0 radical (unpaired) electrons. The van der Waals surface area contributed by atoms with Crippen molar-refractivity contribution in [3.63, 3.8) is 0 Å². The first kappa shape index (κ1) is 25.8. The Labute approximate surface area is 222 Å². The van der Waals surface area contributed by atoms with Crippen molar-refractivity contribution in [3.05, 3.63) is 45.6 Å². The number of rotatable bonds is 7. The second-order valence-electron chi connectivity index (χ2n) is 9.15. The van der Waals surface area contributed by atoms with Crippen molar-refractivity contribution >= 4 is 45.4 Å². The predicted molar refractivity (Wildman–Crippen MR) is 145 cm³/mol. The van der Waals surface area contributed by atoms with E-state index in [0.29, 0.717) is 63.1 Å². The van der Waals surface area contributed by atoms with Crippen LogP contribution in [-0.2, 0) is 11.3 Å². The highest BCUT2D eigenvalue weighted by Crippen LogP contribution is 2.34. The molecule has 1 aliphatic carbocycles. The molecule has 9 nitrogen and oxygen atoms in total. The number of aliphatic imine (C=N–C) groups is 1. The van der Waals surface area contributed by atoms with Gasteiger partial charge in [-0.25, -0.2) is 9.37 Å². The number of aromatic nitrogens is 3. The van der Waals surface area contributed by atoms with E-state index >= 15 is 4.39 Å². The minimum absolute atomic E-state index is 0.0926. The molecule has 1 aromatic carbocycles. The lowest BCUT2D eigenvalue weighted by molar-refractivity contribution is 0.00666. The number of ether oxygens (including phenoxy) is 1. The summed E-state index contributed by atoms with van der Waals surface area (Å²) in [5.41, 5.74) is 8.08. The number of anilines is 1.